The molecule has 0 fully saturated rings. The Kier molecular flexibility index (Phi) is 13.9. The Hall–Kier alpha value is -6.51. The molecular formula is C36H32FN9O15S5. The number of hydrogen-bond acceptors (Lipinski definition) is 20. The number of azo groups is 2. The van der Waals surface area contributed by atoms with Crippen LogP contribution in [-0.4, -0.2) is 98.4 Å². The zero-order valence-electron chi connectivity index (χ0n) is 33.3. The number of fused-ring (bicyclic) bond motifs is 1. The van der Waals surface area contributed by atoms with Gasteiger partial charge in [0, 0.05) is 28.8 Å². The van der Waals surface area contributed by atoms with Crippen molar-refractivity contribution in [2.24, 2.45) is 20.5 Å². The predicted octanol–water partition coefficient (Wildman–Crippen LogP) is 6.39. The zero-order chi connectivity index (χ0) is 48.4. The maximum Gasteiger partial charge on any atom is 0.315 e. The third-order valence-electron chi connectivity index (χ3n) is 8.91. The van der Waals surface area contributed by atoms with Crippen LogP contribution in [0.4, 0.5) is 50.4 Å². The van der Waals surface area contributed by atoms with Gasteiger partial charge in [-0.3, -0.25) is 18.2 Å². The molecule has 0 spiro atoms. The van der Waals surface area contributed by atoms with E-state index in [4.69, 9.17) is 4.55 Å². The molecule has 0 atom stereocenters. The van der Waals surface area contributed by atoms with E-state index in [2.05, 4.69) is 40.7 Å². The normalized spacial score (nSPS) is 12.9. The third kappa shape index (κ3) is 11.6. The molecule has 0 saturated heterocycles. The second-order valence-electron chi connectivity index (χ2n) is 13.5. The summed E-state index contributed by atoms with van der Waals surface area (Å²) in [5.74, 6) is -2.91. The number of phenols is 1. The number of nitrogens with one attached hydrogen (secondary N) is 1. The lowest BCUT2D eigenvalue weighted by atomic mass is 10.1. The van der Waals surface area contributed by atoms with Crippen molar-refractivity contribution in [3.63, 3.8) is 0 Å². The average molecular weight is 1010 g/mol. The number of hydrogen-bond donors (Lipinski definition) is 6. The van der Waals surface area contributed by atoms with Crippen LogP contribution in [-0.2, 0) is 50.3 Å². The van der Waals surface area contributed by atoms with E-state index in [0.29, 0.717) is 18.2 Å². The fraction of sp³-hybridized carbons (Fsp3) is 0.139. The molecule has 348 valence electrons. The van der Waals surface area contributed by atoms with E-state index in [-0.39, 0.29) is 23.7 Å². The highest BCUT2D eigenvalue weighted by Crippen LogP contribution is 2.45. The van der Waals surface area contributed by atoms with Crippen LogP contribution >= 0.6 is 0 Å². The number of aromatic hydroxyl groups is 1. The number of halogens is 1. The Morgan fingerprint density at radius 3 is 1.88 bits per heavy atom. The number of sulfone groups is 1. The fourth-order valence-corrected chi connectivity index (χ4v) is 9.96. The number of nitrogens with zero attached hydrogens (tertiary/aromatic N) is 8. The highest BCUT2D eigenvalue weighted by Gasteiger charge is 2.29. The van der Waals surface area contributed by atoms with Crippen LogP contribution in [0.3, 0.4) is 0 Å². The molecule has 6 N–H and O–H groups in total. The Balaban J connectivity index is 1.42. The van der Waals surface area contributed by atoms with Crippen molar-refractivity contribution in [1.82, 2.24) is 15.0 Å². The predicted molar refractivity (Wildman–Crippen MR) is 232 cm³/mol. The molecule has 0 aliphatic rings. The Labute approximate surface area is 374 Å². The van der Waals surface area contributed by atoms with E-state index in [0.717, 1.165) is 54.6 Å². The Bertz CT molecular complexity index is 3510. The minimum atomic E-state index is -5.53. The first-order valence-electron chi connectivity index (χ1n) is 18.3. The second kappa shape index (κ2) is 18.8. The molecule has 1 aromatic heterocycles. The first kappa shape index (κ1) is 48.9. The van der Waals surface area contributed by atoms with Crippen LogP contribution in [0.5, 0.6) is 5.75 Å². The number of aromatic nitrogens is 3. The van der Waals surface area contributed by atoms with Crippen LogP contribution < -0.4 is 10.2 Å². The van der Waals surface area contributed by atoms with E-state index in [1.807, 2.05) is 0 Å². The summed E-state index contributed by atoms with van der Waals surface area (Å²) in [6.45, 7) is 1.40. The van der Waals surface area contributed by atoms with E-state index < -0.39 is 127 Å². The van der Waals surface area contributed by atoms with E-state index in [1.54, 1.807) is 37.3 Å². The summed E-state index contributed by atoms with van der Waals surface area (Å²) in [5, 5.41) is 27.2. The summed E-state index contributed by atoms with van der Waals surface area (Å²) in [6, 6.07) is 17.3. The first-order chi connectivity index (χ1) is 30.7. The third-order valence-corrected chi connectivity index (χ3v) is 14.3. The van der Waals surface area contributed by atoms with Crippen molar-refractivity contribution < 1.29 is 69.8 Å². The summed E-state index contributed by atoms with van der Waals surface area (Å²) in [5.41, 5.74) is -2.33. The molecule has 5 aromatic carbocycles. The van der Waals surface area contributed by atoms with Crippen molar-refractivity contribution in [3.05, 3.63) is 97.1 Å². The minimum Gasteiger partial charge on any atom is -0.505 e. The molecule has 24 nitrogen and oxygen atoms in total. The van der Waals surface area contributed by atoms with Crippen molar-refractivity contribution in [2.45, 2.75) is 32.9 Å². The number of anilines is 4. The van der Waals surface area contributed by atoms with Crippen molar-refractivity contribution in [3.8, 4) is 5.75 Å². The van der Waals surface area contributed by atoms with Gasteiger partial charge >= 0.3 is 6.08 Å². The first-order valence-corrected chi connectivity index (χ1v) is 25.8. The smallest absolute Gasteiger partial charge is 0.315 e. The molecule has 66 heavy (non-hydrogen) atoms. The SMILES string of the molecule is CCCS(=O)(=O)CCN(c1ccccc1)c1nc(F)nc(Nc2ccc3c(O)c(N=Nc4ccc(N=Nc5ccc(S(=O)(=O)O)cc5)cc4S(=O)(=O)O)c(S(=O)(=O)O)cc3c2S(=O)(=O)O)n1. The van der Waals surface area contributed by atoms with Gasteiger partial charge in [0.25, 0.3) is 40.5 Å². The van der Waals surface area contributed by atoms with Gasteiger partial charge in [0.15, 0.2) is 15.6 Å². The van der Waals surface area contributed by atoms with Crippen LogP contribution in [0, 0.1) is 6.08 Å². The highest BCUT2D eigenvalue weighted by molar-refractivity contribution is 7.91. The van der Waals surface area contributed by atoms with Crippen molar-refractivity contribution in [1.29, 1.82) is 0 Å². The molecule has 1 heterocycles. The molecule has 0 radical (unpaired) electrons. The summed E-state index contributed by atoms with van der Waals surface area (Å²) in [6.07, 6.45) is -1.11. The van der Waals surface area contributed by atoms with Gasteiger partial charge in [0.1, 0.15) is 26.1 Å². The number of para-hydroxylation sites is 1. The maximum absolute atomic E-state index is 15.1. The van der Waals surface area contributed by atoms with Gasteiger partial charge < -0.3 is 15.3 Å². The standard InChI is InChI=1S/C36H32FN9O15S5/c1-2-17-62(48,49)18-16-46(23-6-4-3-5-7-23)36-40-34(37)39-35(41-36)38-28-15-13-25-26(33(28)66(59,60)61)20-30(65(56,57)58)31(32(25)47)45-44-27-14-10-22(19-29(27)64(53,54)55)43-42-21-8-11-24(12-9-21)63(50,51)52/h3-15,19-20,47H,2,16-18H2,1H3,(H,50,51,52)(H,53,54,55)(H,56,57,58)(H,59,60,61)(H,38,39,40,41). The van der Waals surface area contributed by atoms with Gasteiger partial charge in [-0.05, 0) is 79.2 Å². The van der Waals surface area contributed by atoms with E-state index >= 15 is 4.39 Å². The van der Waals surface area contributed by atoms with Gasteiger partial charge in [0.2, 0.25) is 11.9 Å². The van der Waals surface area contributed by atoms with Gasteiger partial charge in [-0.15, -0.1) is 10.2 Å². The van der Waals surface area contributed by atoms with Crippen molar-refractivity contribution in [2.75, 3.05) is 28.3 Å². The molecule has 0 aliphatic heterocycles. The molecule has 6 aromatic rings. The molecule has 0 unspecified atom stereocenters. The summed E-state index contributed by atoms with van der Waals surface area (Å²) < 4.78 is 179. The molecule has 30 heteroatoms. The number of phenolic OH excluding ortho intramolecular Hbond substituents is 1. The average Bonchev–Trinajstić information content (AvgIpc) is 3.21. The largest absolute Gasteiger partial charge is 0.505 e. The topological polar surface area (TPSA) is 375 Å². The Morgan fingerprint density at radius 1 is 0.636 bits per heavy atom. The lowest BCUT2D eigenvalue weighted by Crippen LogP contribution is -2.28. The highest BCUT2D eigenvalue weighted by atomic mass is 32.2. The summed E-state index contributed by atoms with van der Waals surface area (Å²) in [4.78, 5) is 8.62. The molecule has 6 rings (SSSR count). The van der Waals surface area contributed by atoms with Crippen molar-refractivity contribution >= 4 is 107 Å². The van der Waals surface area contributed by atoms with Gasteiger partial charge in [-0.2, -0.15) is 63.2 Å². The summed E-state index contributed by atoms with van der Waals surface area (Å²) >= 11 is 0. The molecule has 0 aliphatic carbocycles. The molecule has 0 saturated carbocycles. The quantitative estimate of drug-likeness (QED) is 0.0425. The zero-order valence-corrected chi connectivity index (χ0v) is 37.4. The van der Waals surface area contributed by atoms with Crippen LogP contribution in [0.1, 0.15) is 13.3 Å². The number of rotatable bonds is 17. The molecular weight excluding hydrogens is 978 g/mol. The molecule has 0 bridgehead atoms. The summed E-state index contributed by atoms with van der Waals surface area (Å²) in [7, 11) is -24.3. The van der Waals surface area contributed by atoms with Crippen LogP contribution in [0.25, 0.3) is 10.8 Å². The fourth-order valence-electron chi connectivity index (χ4n) is 6.05. The van der Waals surface area contributed by atoms with Crippen LogP contribution in [0.15, 0.2) is 131 Å². The van der Waals surface area contributed by atoms with E-state index in [9.17, 15) is 60.9 Å². The van der Waals surface area contributed by atoms with Gasteiger partial charge in [-0.25, -0.2) is 8.42 Å². The van der Waals surface area contributed by atoms with Gasteiger partial charge in [-0.1, -0.05) is 25.1 Å². The second-order valence-corrected chi connectivity index (χ2v) is 21.4. The maximum atomic E-state index is 15.1. The Morgan fingerprint density at radius 2 is 1.27 bits per heavy atom. The number of benzene rings is 5. The lowest BCUT2D eigenvalue weighted by Gasteiger charge is -2.23. The lowest BCUT2D eigenvalue weighted by molar-refractivity contribution is 0.471. The van der Waals surface area contributed by atoms with E-state index in [1.165, 1.54) is 4.90 Å². The van der Waals surface area contributed by atoms with Gasteiger partial charge in [0.05, 0.1) is 27.7 Å². The molecule has 0 amide bonds. The van der Waals surface area contributed by atoms with Crippen LogP contribution in [0.2, 0.25) is 0 Å². The minimum absolute atomic E-state index is 0.0396. The monoisotopic (exact) mass is 1010 g/mol.